The molecule has 21 heavy (non-hydrogen) atoms. The number of aromatic nitrogens is 1. The first-order valence-corrected chi connectivity index (χ1v) is 8.38. The zero-order valence-electron chi connectivity index (χ0n) is 11.5. The Labute approximate surface area is 123 Å². The monoisotopic (exact) mass is 304 g/mol. The molecule has 2 aromatic rings. The summed E-state index contributed by atoms with van der Waals surface area (Å²) in [6.45, 7) is 0.901. The fourth-order valence-electron chi connectivity index (χ4n) is 2.41. The van der Waals surface area contributed by atoms with Crippen LogP contribution in [0.3, 0.4) is 0 Å². The van der Waals surface area contributed by atoms with Gasteiger partial charge in [0.2, 0.25) is 10.0 Å². The second-order valence-corrected chi connectivity index (χ2v) is 6.91. The van der Waals surface area contributed by atoms with Gasteiger partial charge in [-0.05, 0) is 17.6 Å². The van der Waals surface area contributed by atoms with E-state index in [0.29, 0.717) is 18.8 Å². The highest BCUT2D eigenvalue weighted by Gasteiger charge is 2.25. The van der Waals surface area contributed by atoms with Crippen LogP contribution < -0.4 is 0 Å². The zero-order chi connectivity index (χ0) is 14.7. The maximum absolute atomic E-state index is 12.3. The van der Waals surface area contributed by atoms with Gasteiger partial charge in [0, 0.05) is 19.2 Å². The van der Waals surface area contributed by atoms with E-state index in [2.05, 4.69) is 5.16 Å². The molecule has 0 aliphatic carbocycles. The Kier molecular flexibility index (Phi) is 3.90. The summed E-state index contributed by atoms with van der Waals surface area (Å²) in [5, 5.41) is 3.53. The molecule has 0 N–H and O–H groups in total. The summed E-state index contributed by atoms with van der Waals surface area (Å²) in [6.07, 6.45) is 4.16. The third-order valence-corrected chi connectivity index (χ3v) is 5.29. The largest absolute Gasteiger partial charge is 0.360 e. The van der Waals surface area contributed by atoms with Crippen LogP contribution >= 0.6 is 0 Å². The van der Waals surface area contributed by atoms with Crippen molar-refractivity contribution in [2.24, 2.45) is 0 Å². The third kappa shape index (κ3) is 3.22. The van der Waals surface area contributed by atoms with Gasteiger partial charge in [0.05, 0.1) is 6.20 Å². The number of nitrogens with zero attached hydrogens (tertiary/aromatic N) is 2. The van der Waals surface area contributed by atoms with Crippen LogP contribution in [0.1, 0.15) is 17.7 Å². The number of rotatable bonds is 4. The summed E-state index contributed by atoms with van der Waals surface area (Å²) in [7, 11) is -3.36. The van der Waals surface area contributed by atoms with Crippen molar-refractivity contribution < 1.29 is 12.9 Å². The molecule has 3 rings (SSSR count). The van der Waals surface area contributed by atoms with Crippen LogP contribution in [0.25, 0.3) is 5.57 Å². The highest BCUT2D eigenvalue weighted by Crippen LogP contribution is 2.24. The Balaban J connectivity index is 1.71. The Hall–Kier alpha value is -1.92. The molecule has 0 saturated heterocycles. The molecule has 1 aromatic heterocycles. The molecule has 0 amide bonds. The van der Waals surface area contributed by atoms with Gasteiger partial charge < -0.3 is 4.52 Å². The molecule has 6 heteroatoms. The molecular formula is C15H16N2O3S. The quantitative estimate of drug-likeness (QED) is 0.869. The lowest BCUT2D eigenvalue weighted by molar-refractivity contribution is 0.385. The minimum absolute atomic E-state index is 0.137. The molecular weight excluding hydrogens is 288 g/mol. The van der Waals surface area contributed by atoms with Gasteiger partial charge in [0.15, 0.2) is 5.76 Å². The maximum atomic E-state index is 12.3. The normalized spacial score (nSPS) is 16.7. The molecule has 5 nitrogen and oxygen atoms in total. The van der Waals surface area contributed by atoms with E-state index in [4.69, 9.17) is 4.52 Å². The predicted octanol–water partition coefficient (Wildman–Crippen LogP) is 2.29. The van der Waals surface area contributed by atoms with Gasteiger partial charge in [-0.1, -0.05) is 41.6 Å². The van der Waals surface area contributed by atoms with Gasteiger partial charge in [-0.3, -0.25) is 0 Å². The summed E-state index contributed by atoms with van der Waals surface area (Å²) < 4.78 is 31.0. The molecule has 0 fully saturated rings. The molecule has 0 spiro atoms. The lowest BCUT2D eigenvalue weighted by Crippen LogP contribution is -2.35. The van der Waals surface area contributed by atoms with E-state index in [1.54, 1.807) is 6.07 Å². The van der Waals surface area contributed by atoms with E-state index >= 15 is 0 Å². The van der Waals surface area contributed by atoms with Gasteiger partial charge in [-0.15, -0.1) is 0 Å². The summed E-state index contributed by atoms with van der Waals surface area (Å²) in [5.74, 6) is 0.231. The van der Waals surface area contributed by atoms with Crippen LogP contribution in [0.4, 0.5) is 0 Å². The summed E-state index contributed by atoms with van der Waals surface area (Å²) in [6, 6.07) is 11.6. The third-order valence-electron chi connectivity index (χ3n) is 3.53. The molecule has 0 saturated carbocycles. The van der Waals surface area contributed by atoms with Crippen molar-refractivity contribution in [2.75, 3.05) is 13.1 Å². The van der Waals surface area contributed by atoms with Crippen molar-refractivity contribution in [1.29, 1.82) is 0 Å². The topological polar surface area (TPSA) is 63.4 Å². The summed E-state index contributed by atoms with van der Waals surface area (Å²) in [5.41, 5.74) is 2.35. The zero-order valence-corrected chi connectivity index (χ0v) is 12.3. The first-order valence-electron chi connectivity index (χ1n) is 6.77. The molecule has 110 valence electrons. The highest BCUT2D eigenvalue weighted by molar-refractivity contribution is 7.88. The van der Waals surface area contributed by atoms with Crippen LogP contribution in [0.2, 0.25) is 0 Å². The van der Waals surface area contributed by atoms with Crippen LogP contribution in [-0.2, 0) is 15.8 Å². The van der Waals surface area contributed by atoms with E-state index in [1.807, 2.05) is 36.4 Å². The molecule has 0 unspecified atom stereocenters. The molecule has 0 atom stereocenters. The minimum Gasteiger partial charge on any atom is -0.360 e. The number of sulfonamides is 1. The van der Waals surface area contributed by atoms with Crippen LogP contribution in [0.15, 0.2) is 53.2 Å². The van der Waals surface area contributed by atoms with Crippen LogP contribution in [0, 0.1) is 0 Å². The summed E-state index contributed by atoms with van der Waals surface area (Å²) in [4.78, 5) is 0. The maximum Gasteiger partial charge on any atom is 0.221 e. The van der Waals surface area contributed by atoms with Gasteiger partial charge in [-0.25, -0.2) is 8.42 Å². The molecule has 1 aliphatic rings. The first kappa shape index (κ1) is 14.0. The fourth-order valence-corrected chi connectivity index (χ4v) is 3.77. The first-order chi connectivity index (χ1) is 10.1. The van der Waals surface area contributed by atoms with Crippen LogP contribution in [0.5, 0.6) is 0 Å². The summed E-state index contributed by atoms with van der Waals surface area (Å²) >= 11 is 0. The van der Waals surface area contributed by atoms with E-state index < -0.39 is 10.0 Å². The van der Waals surface area contributed by atoms with Crippen molar-refractivity contribution in [3.63, 3.8) is 0 Å². The minimum atomic E-state index is -3.36. The van der Waals surface area contributed by atoms with Gasteiger partial charge in [-0.2, -0.15) is 4.31 Å². The molecule has 2 heterocycles. The second kappa shape index (κ2) is 5.83. The Morgan fingerprint density at radius 2 is 2.00 bits per heavy atom. The number of hydrogen-bond donors (Lipinski definition) is 0. The standard InChI is InChI=1S/C15H16N2O3S/c18-21(19,12-15-6-9-16-20-15)17-10-7-14(8-11-17)13-4-2-1-3-5-13/h1-7,9H,8,10-12H2. The number of hydrogen-bond acceptors (Lipinski definition) is 4. The molecule has 0 radical (unpaired) electrons. The Bertz CT molecular complexity index is 722. The predicted molar refractivity (Wildman–Crippen MR) is 79.7 cm³/mol. The SMILES string of the molecule is O=S(=O)(Cc1ccno1)N1CC=C(c2ccccc2)CC1. The van der Waals surface area contributed by atoms with E-state index in [1.165, 1.54) is 16.1 Å². The molecule has 1 aliphatic heterocycles. The smallest absolute Gasteiger partial charge is 0.221 e. The molecule has 1 aromatic carbocycles. The van der Waals surface area contributed by atoms with Crippen molar-refractivity contribution in [3.05, 3.63) is 60.0 Å². The Morgan fingerprint density at radius 3 is 2.62 bits per heavy atom. The van der Waals surface area contributed by atoms with Gasteiger partial charge in [0.25, 0.3) is 0 Å². The molecule has 0 bridgehead atoms. The number of benzene rings is 1. The fraction of sp³-hybridized carbons (Fsp3) is 0.267. The van der Waals surface area contributed by atoms with Crippen LogP contribution in [-0.4, -0.2) is 31.0 Å². The van der Waals surface area contributed by atoms with E-state index in [0.717, 1.165) is 12.0 Å². The lowest BCUT2D eigenvalue weighted by Gasteiger charge is -2.25. The van der Waals surface area contributed by atoms with Crippen molar-refractivity contribution >= 4 is 15.6 Å². The lowest BCUT2D eigenvalue weighted by atomic mass is 10.0. The average Bonchev–Trinajstić information content (AvgIpc) is 3.00. The van der Waals surface area contributed by atoms with E-state index in [-0.39, 0.29) is 5.75 Å². The van der Waals surface area contributed by atoms with Crippen molar-refractivity contribution in [1.82, 2.24) is 9.46 Å². The average molecular weight is 304 g/mol. The van der Waals surface area contributed by atoms with Crippen molar-refractivity contribution in [2.45, 2.75) is 12.2 Å². The Morgan fingerprint density at radius 1 is 1.19 bits per heavy atom. The van der Waals surface area contributed by atoms with Gasteiger partial charge in [0.1, 0.15) is 5.75 Å². The van der Waals surface area contributed by atoms with Crippen molar-refractivity contribution in [3.8, 4) is 0 Å². The second-order valence-electron chi connectivity index (χ2n) is 4.94. The highest BCUT2D eigenvalue weighted by atomic mass is 32.2. The van der Waals surface area contributed by atoms with Gasteiger partial charge >= 0.3 is 0 Å². The van der Waals surface area contributed by atoms with E-state index in [9.17, 15) is 8.42 Å².